The van der Waals surface area contributed by atoms with Crippen molar-refractivity contribution in [3.8, 4) is 0 Å². The molecule has 0 unspecified atom stereocenters. The van der Waals surface area contributed by atoms with Crippen LogP contribution in [0.15, 0.2) is 18.3 Å². The van der Waals surface area contributed by atoms with Crippen LogP contribution in [-0.2, 0) is 4.79 Å². The molecule has 0 aromatic carbocycles. The van der Waals surface area contributed by atoms with Gasteiger partial charge in [-0.15, -0.1) is 0 Å². The molecule has 0 aliphatic carbocycles. The van der Waals surface area contributed by atoms with E-state index in [2.05, 4.69) is 15.6 Å². The summed E-state index contributed by atoms with van der Waals surface area (Å²) < 4.78 is 0. The highest BCUT2D eigenvalue weighted by Gasteiger charge is 2.07. The number of nitrogens with zero attached hydrogens (tertiary/aromatic N) is 1. The fraction of sp³-hybridized carbons (Fsp3) is 0.222. The molecule has 0 saturated carbocycles. The van der Waals surface area contributed by atoms with Gasteiger partial charge in [-0.3, -0.25) is 14.6 Å². The van der Waals surface area contributed by atoms with Crippen molar-refractivity contribution in [3.63, 3.8) is 0 Å². The van der Waals surface area contributed by atoms with Crippen LogP contribution in [0.25, 0.3) is 0 Å². The molecule has 6 nitrogen and oxygen atoms in total. The molecule has 1 aromatic heterocycles. The van der Waals surface area contributed by atoms with Gasteiger partial charge in [0.15, 0.2) is 0 Å². The molecule has 0 aliphatic heterocycles. The third kappa shape index (κ3) is 3.26. The summed E-state index contributed by atoms with van der Waals surface area (Å²) in [5.41, 5.74) is 5.90. The van der Waals surface area contributed by atoms with Gasteiger partial charge in [0, 0.05) is 18.9 Å². The Balaban J connectivity index is 2.69. The summed E-state index contributed by atoms with van der Waals surface area (Å²) in [7, 11) is 1.74. The van der Waals surface area contributed by atoms with Gasteiger partial charge in [0.05, 0.1) is 6.54 Å². The first-order valence-corrected chi connectivity index (χ1v) is 4.34. The molecule has 0 bridgehead atoms. The molecule has 80 valence electrons. The maximum absolute atomic E-state index is 11.4. The number of pyridine rings is 1. The molecule has 15 heavy (non-hydrogen) atoms. The Morgan fingerprint density at radius 2 is 2.27 bits per heavy atom. The van der Waals surface area contributed by atoms with Crippen LogP contribution in [-0.4, -0.2) is 30.4 Å². The number of nitrogens with two attached hydrogens (primary N) is 1. The number of amides is 2. The second kappa shape index (κ2) is 4.94. The zero-order valence-electron chi connectivity index (χ0n) is 8.28. The van der Waals surface area contributed by atoms with E-state index in [4.69, 9.17) is 5.73 Å². The summed E-state index contributed by atoms with van der Waals surface area (Å²) in [6.45, 7) is -0.190. The van der Waals surface area contributed by atoms with E-state index in [1.54, 1.807) is 19.2 Å². The van der Waals surface area contributed by atoms with Crippen molar-refractivity contribution in [3.05, 3.63) is 24.0 Å². The van der Waals surface area contributed by atoms with Gasteiger partial charge in [0.2, 0.25) is 5.91 Å². The van der Waals surface area contributed by atoms with Crippen LogP contribution in [0.4, 0.5) is 5.69 Å². The zero-order valence-corrected chi connectivity index (χ0v) is 8.28. The monoisotopic (exact) mass is 208 g/mol. The summed E-state index contributed by atoms with van der Waals surface area (Å²) in [4.78, 5) is 25.7. The van der Waals surface area contributed by atoms with Crippen LogP contribution in [0.5, 0.6) is 0 Å². The first-order chi connectivity index (χ1) is 7.13. The number of hydrogen-bond acceptors (Lipinski definition) is 4. The van der Waals surface area contributed by atoms with Gasteiger partial charge in [0.25, 0.3) is 5.91 Å². The van der Waals surface area contributed by atoms with E-state index < -0.39 is 11.8 Å². The smallest absolute Gasteiger partial charge is 0.270 e. The van der Waals surface area contributed by atoms with E-state index >= 15 is 0 Å². The maximum Gasteiger partial charge on any atom is 0.270 e. The summed E-state index contributed by atoms with van der Waals surface area (Å²) in [5.74, 6) is -1.01. The maximum atomic E-state index is 11.4. The fourth-order valence-electron chi connectivity index (χ4n) is 0.968. The van der Waals surface area contributed by atoms with Crippen molar-refractivity contribution >= 4 is 17.5 Å². The van der Waals surface area contributed by atoms with Crippen molar-refractivity contribution in [1.29, 1.82) is 0 Å². The summed E-state index contributed by atoms with van der Waals surface area (Å²) in [6, 6.07) is 3.31. The van der Waals surface area contributed by atoms with Gasteiger partial charge < -0.3 is 16.4 Å². The Bertz CT molecular complexity index is 378. The third-order valence-electron chi connectivity index (χ3n) is 1.70. The predicted molar refractivity (Wildman–Crippen MR) is 55.3 cm³/mol. The molecule has 0 radical (unpaired) electrons. The van der Waals surface area contributed by atoms with Gasteiger partial charge in [-0.25, -0.2) is 0 Å². The molecular formula is C9H12N4O2. The summed E-state index contributed by atoms with van der Waals surface area (Å²) >= 11 is 0. The van der Waals surface area contributed by atoms with Crippen molar-refractivity contribution in [2.75, 3.05) is 18.9 Å². The average Bonchev–Trinajstić information content (AvgIpc) is 2.26. The SMILES string of the molecule is CNc1ccnc(C(=O)NCC(N)=O)c1. The van der Waals surface area contributed by atoms with Crippen molar-refractivity contribution < 1.29 is 9.59 Å². The molecule has 1 aromatic rings. The zero-order chi connectivity index (χ0) is 11.3. The number of hydrogen-bond donors (Lipinski definition) is 3. The van der Waals surface area contributed by atoms with E-state index in [1.807, 2.05) is 0 Å². The molecule has 6 heteroatoms. The lowest BCUT2D eigenvalue weighted by Gasteiger charge is -2.04. The number of anilines is 1. The average molecular weight is 208 g/mol. The second-order valence-corrected chi connectivity index (χ2v) is 2.83. The Labute approximate surface area is 86.9 Å². The van der Waals surface area contributed by atoms with E-state index in [9.17, 15) is 9.59 Å². The van der Waals surface area contributed by atoms with Gasteiger partial charge in [0.1, 0.15) is 5.69 Å². The summed E-state index contributed by atoms with van der Waals surface area (Å²) in [5, 5.41) is 5.22. The first kappa shape index (κ1) is 11.0. The minimum atomic E-state index is -0.590. The number of rotatable bonds is 4. The van der Waals surface area contributed by atoms with E-state index in [1.165, 1.54) is 6.20 Å². The van der Waals surface area contributed by atoms with Crippen LogP contribution in [0, 0.1) is 0 Å². The second-order valence-electron chi connectivity index (χ2n) is 2.83. The molecule has 0 fully saturated rings. The van der Waals surface area contributed by atoms with Crippen LogP contribution < -0.4 is 16.4 Å². The van der Waals surface area contributed by atoms with Gasteiger partial charge >= 0.3 is 0 Å². The number of nitrogens with one attached hydrogen (secondary N) is 2. The lowest BCUT2D eigenvalue weighted by atomic mass is 10.3. The Kier molecular flexibility index (Phi) is 3.61. The van der Waals surface area contributed by atoms with Crippen molar-refractivity contribution in [2.24, 2.45) is 5.73 Å². The number of primary amides is 1. The van der Waals surface area contributed by atoms with Crippen LogP contribution >= 0.6 is 0 Å². The summed E-state index contributed by atoms with van der Waals surface area (Å²) in [6.07, 6.45) is 1.50. The quantitative estimate of drug-likeness (QED) is 0.611. The van der Waals surface area contributed by atoms with E-state index in [0.717, 1.165) is 5.69 Å². The van der Waals surface area contributed by atoms with Crippen LogP contribution in [0.1, 0.15) is 10.5 Å². The molecule has 1 rings (SSSR count). The Morgan fingerprint density at radius 1 is 1.53 bits per heavy atom. The highest BCUT2D eigenvalue weighted by molar-refractivity contribution is 5.95. The first-order valence-electron chi connectivity index (χ1n) is 4.34. The minimum absolute atomic E-state index is 0.190. The number of aromatic nitrogens is 1. The van der Waals surface area contributed by atoms with Crippen LogP contribution in [0.2, 0.25) is 0 Å². The molecular weight excluding hydrogens is 196 g/mol. The van der Waals surface area contributed by atoms with Crippen LogP contribution in [0.3, 0.4) is 0 Å². The number of carbonyl (C=O) groups is 2. The topological polar surface area (TPSA) is 97.1 Å². The van der Waals surface area contributed by atoms with E-state index in [-0.39, 0.29) is 12.2 Å². The molecule has 0 aliphatic rings. The number of carbonyl (C=O) groups excluding carboxylic acids is 2. The highest BCUT2D eigenvalue weighted by atomic mass is 16.2. The normalized spacial score (nSPS) is 9.40. The minimum Gasteiger partial charge on any atom is -0.388 e. The highest BCUT2D eigenvalue weighted by Crippen LogP contribution is 2.06. The van der Waals surface area contributed by atoms with Crippen molar-refractivity contribution in [2.45, 2.75) is 0 Å². The molecule has 4 N–H and O–H groups in total. The predicted octanol–water partition coefficient (Wildman–Crippen LogP) is -0.662. The molecule has 0 spiro atoms. The lowest BCUT2D eigenvalue weighted by Crippen LogP contribution is -2.33. The standard InChI is InChI=1S/C9H12N4O2/c1-11-6-2-3-12-7(4-6)9(15)13-5-8(10)14/h2-4H,5H2,1H3,(H2,10,14)(H,11,12)(H,13,15). The lowest BCUT2D eigenvalue weighted by molar-refractivity contribution is -0.117. The molecule has 0 atom stereocenters. The Morgan fingerprint density at radius 3 is 2.87 bits per heavy atom. The largest absolute Gasteiger partial charge is 0.388 e. The third-order valence-corrected chi connectivity index (χ3v) is 1.70. The fourth-order valence-corrected chi connectivity index (χ4v) is 0.968. The molecule has 2 amide bonds. The van der Waals surface area contributed by atoms with Gasteiger partial charge in [-0.2, -0.15) is 0 Å². The Hall–Kier alpha value is -2.11. The molecule has 1 heterocycles. The van der Waals surface area contributed by atoms with Crippen molar-refractivity contribution in [1.82, 2.24) is 10.3 Å². The molecule has 0 saturated heterocycles. The van der Waals surface area contributed by atoms with Gasteiger partial charge in [-0.05, 0) is 12.1 Å². The van der Waals surface area contributed by atoms with Gasteiger partial charge in [-0.1, -0.05) is 0 Å². The van der Waals surface area contributed by atoms with E-state index in [0.29, 0.717) is 0 Å².